The van der Waals surface area contributed by atoms with Gasteiger partial charge in [0.2, 0.25) is 5.88 Å². The summed E-state index contributed by atoms with van der Waals surface area (Å²) in [5, 5.41) is 12.5. The lowest BCUT2D eigenvalue weighted by Gasteiger charge is -2.10. The molecule has 0 aliphatic carbocycles. The molecule has 5 aromatic rings. The van der Waals surface area contributed by atoms with Crippen molar-refractivity contribution in [1.82, 2.24) is 19.9 Å². The average molecular weight is 708 g/mol. The Morgan fingerprint density at radius 1 is 1.02 bits per heavy atom. The molecule has 42 heavy (non-hydrogen) atoms. The third-order valence-corrected chi connectivity index (χ3v) is 6.88. The van der Waals surface area contributed by atoms with Gasteiger partial charge in [-0.1, -0.05) is 13.8 Å². The molecule has 1 amide bonds. The maximum Gasteiger partial charge on any atom is 0.411 e. The highest BCUT2D eigenvalue weighted by atomic mass is 127. The van der Waals surface area contributed by atoms with Crippen molar-refractivity contribution < 1.29 is 28.5 Å². The summed E-state index contributed by atoms with van der Waals surface area (Å²) in [7, 11) is 1.53. The van der Waals surface area contributed by atoms with Gasteiger partial charge in [0.1, 0.15) is 18.2 Å². The molecule has 0 aliphatic heterocycles. The van der Waals surface area contributed by atoms with E-state index in [1.807, 2.05) is 32.9 Å². The number of hydrogen-bond acceptors (Lipinski definition) is 10. The highest BCUT2D eigenvalue weighted by Gasteiger charge is 2.16. The molecular weight excluding hydrogens is 676 g/mol. The van der Waals surface area contributed by atoms with Crippen molar-refractivity contribution in [1.29, 1.82) is 0 Å². The van der Waals surface area contributed by atoms with E-state index in [0.717, 1.165) is 15.8 Å². The molecule has 0 bridgehead atoms. The van der Waals surface area contributed by atoms with Crippen molar-refractivity contribution in [2.24, 2.45) is 0 Å². The molecule has 13 heteroatoms. The number of halogens is 2. The van der Waals surface area contributed by atoms with Crippen molar-refractivity contribution in [2.75, 3.05) is 25.6 Å². The third-order valence-electron chi connectivity index (χ3n) is 5.83. The number of aromatic nitrogens is 4. The monoisotopic (exact) mass is 707 g/mol. The van der Waals surface area contributed by atoms with Crippen LogP contribution in [0.2, 0.25) is 0 Å². The normalized spacial score (nSPS) is 10.5. The number of rotatable bonds is 8. The van der Waals surface area contributed by atoms with Crippen LogP contribution in [0.1, 0.15) is 30.7 Å². The van der Waals surface area contributed by atoms with Crippen LogP contribution in [-0.4, -0.2) is 51.5 Å². The minimum Gasteiger partial charge on any atom is -0.487 e. The van der Waals surface area contributed by atoms with Crippen molar-refractivity contribution in [3.05, 3.63) is 65.4 Å². The lowest BCUT2D eigenvalue weighted by Crippen LogP contribution is -2.18. The minimum atomic E-state index is -0.720. The van der Waals surface area contributed by atoms with Crippen LogP contribution in [0.4, 0.5) is 14.9 Å². The molecular formula is C29H31FIN5O5S. The Bertz CT molecular complexity index is 1700. The number of hydrogen-bond donors (Lipinski definition) is 2. The summed E-state index contributed by atoms with van der Waals surface area (Å²) in [6.45, 7) is 7.34. The zero-order valence-corrected chi connectivity index (χ0v) is 26.9. The Kier molecular flexibility index (Phi) is 11.7. The van der Waals surface area contributed by atoms with Gasteiger partial charge < -0.3 is 19.3 Å². The van der Waals surface area contributed by atoms with Gasteiger partial charge in [-0.05, 0) is 37.6 Å². The molecule has 0 saturated carbocycles. The number of nitrogens with zero attached hydrogens (tertiary/aromatic N) is 4. The van der Waals surface area contributed by atoms with Crippen molar-refractivity contribution >= 4 is 68.3 Å². The number of nitrogens with one attached hydrogen (secondary N) is 1. The Labute approximate surface area is 263 Å². The minimum absolute atomic E-state index is 0. The summed E-state index contributed by atoms with van der Waals surface area (Å²) < 4.78 is 31.3. The second-order valence-corrected chi connectivity index (χ2v) is 9.63. The van der Waals surface area contributed by atoms with Crippen molar-refractivity contribution in [3.63, 3.8) is 0 Å². The predicted molar refractivity (Wildman–Crippen MR) is 172 cm³/mol. The first-order chi connectivity index (χ1) is 19.8. The van der Waals surface area contributed by atoms with E-state index in [1.165, 1.54) is 30.7 Å². The van der Waals surface area contributed by atoms with E-state index in [0.29, 0.717) is 44.4 Å². The van der Waals surface area contributed by atoms with E-state index in [2.05, 4.69) is 25.3 Å². The summed E-state index contributed by atoms with van der Waals surface area (Å²) >= 11 is 1.38. The number of ether oxygens (including phenoxy) is 3. The molecule has 0 spiro atoms. The number of pyridine rings is 1. The van der Waals surface area contributed by atoms with Crippen LogP contribution in [0.25, 0.3) is 31.8 Å². The molecule has 2 N–H and O–H groups in total. The molecule has 0 radical (unpaired) electrons. The largest absolute Gasteiger partial charge is 0.487 e. The molecule has 10 nitrogen and oxygen atoms in total. The van der Waals surface area contributed by atoms with Crippen LogP contribution in [-0.2, 0) is 11.3 Å². The Balaban J connectivity index is 0.00000158. The molecule has 222 valence electrons. The van der Waals surface area contributed by atoms with Gasteiger partial charge in [-0.25, -0.2) is 24.1 Å². The summed E-state index contributed by atoms with van der Waals surface area (Å²) in [5.74, 6) is -0.142. The maximum atomic E-state index is 14.8. The number of aliphatic hydroxyl groups is 1. The Morgan fingerprint density at radius 3 is 2.55 bits per heavy atom. The summed E-state index contributed by atoms with van der Waals surface area (Å²) in [5.41, 5.74) is 5.25. The Morgan fingerprint density at radius 2 is 1.81 bits per heavy atom. The zero-order valence-electron chi connectivity index (χ0n) is 23.7. The highest BCUT2D eigenvalue weighted by molar-refractivity contribution is 14.0. The van der Waals surface area contributed by atoms with Crippen molar-refractivity contribution in [3.8, 4) is 22.2 Å². The van der Waals surface area contributed by atoms with E-state index in [9.17, 15) is 14.3 Å². The topological polar surface area (TPSA) is 129 Å². The maximum absolute atomic E-state index is 14.8. The number of methoxy groups -OCH3 is 1. The summed E-state index contributed by atoms with van der Waals surface area (Å²) in [6, 6.07) is 8.38. The highest BCUT2D eigenvalue weighted by Crippen LogP contribution is 2.37. The predicted octanol–water partition coefficient (Wildman–Crippen LogP) is 6.83. The molecule has 0 aliphatic rings. The first kappa shape index (κ1) is 32.8. The van der Waals surface area contributed by atoms with E-state index in [1.54, 1.807) is 25.3 Å². The molecule has 2 aromatic carbocycles. The molecule has 3 heterocycles. The summed E-state index contributed by atoms with van der Waals surface area (Å²) in [6.07, 6.45) is 2.29. The second-order valence-electron chi connectivity index (χ2n) is 8.60. The van der Waals surface area contributed by atoms with Gasteiger partial charge in [0.15, 0.2) is 11.6 Å². The van der Waals surface area contributed by atoms with Gasteiger partial charge in [0, 0.05) is 29.0 Å². The standard InChI is InChI=1S/C27H24FN5O5S.C2H6.HI/c1-14-6-18(25-21(7-14)32-24(36-3)12-30-25)26-33-20-9-19(28)22(10-23(20)39-26)37-4-5-38-27(35)31-17-8-16(13-34)15(2)29-11-17;1-2;/h6-12,34H,4-5,13H2,1-3H3,(H,31,35);1-2H3;1H. The SMILES string of the molecule is CC.COc1cnc2c(-c3nc4cc(F)c(OCCOC(=O)Nc5cnc(C)c(CO)c5)cc4s3)cc(C)cc2n1.I. The van der Waals surface area contributed by atoms with Gasteiger partial charge >= 0.3 is 6.09 Å². The van der Waals surface area contributed by atoms with Gasteiger partial charge in [0.25, 0.3) is 0 Å². The van der Waals surface area contributed by atoms with Gasteiger partial charge in [-0.15, -0.1) is 35.3 Å². The molecule has 0 unspecified atom stereocenters. The van der Waals surface area contributed by atoms with E-state index in [-0.39, 0.29) is 49.5 Å². The number of carbonyl (C=O) groups is 1. The van der Waals surface area contributed by atoms with Gasteiger partial charge in [-0.3, -0.25) is 10.3 Å². The molecule has 0 saturated heterocycles. The lowest BCUT2D eigenvalue weighted by atomic mass is 10.1. The third kappa shape index (κ3) is 7.57. The van der Waals surface area contributed by atoms with Crippen molar-refractivity contribution in [2.45, 2.75) is 34.3 Å². The van der Waals surface area contributed by atoms with Crippen LogP contribution in [0.5, 0.6) is 11.6 Å². The number of thiazole rings is 1. The lowest BCUT2D eigenvalue weighted by molar-refractivity contribution is 0.136. The van der Waals surface area contributed by atoms with E-state index < -0.39 is 11.9 Å². The summed E-state index contributed by atoms with van der Waals surface area (Å²) in [4.78, 5) is 29.8. The number of fused-ring (bicyclic) bond motifs is 2. The first-order valence-corrected chi connectivity index (χ1v) is 13.7. The number of anilines is 1. The Hall–Kier alpha value is -3.69. The van der Waals surface area contributed by atoms with Gasteiger partial charge in [-0.2, -0.15) is 0 Å². The van der Waals surface area contributed by atoms with Crippen LogP contribution in [0.15, 0.2) is 42.7 Å². The van der Waals surface area contributed by atoms with Gasteiger partial charge in [0.05, 0.1) is 53.0 Å². The molecule has 0 fully saturated rings. The van der Waals surface area contributed by atoms with Crippen LogP contribution in [0.3, 0.4) is 0 Å². The van der Waals surface area contributed by atoms with Crippen LogP contribution in [0, 0.1) is 19.7 Å². The fourth-order valence-electron chi connectivity index (χ4n) is 3.91. The quantitative estimate of drug-likeness (QED) is 0.132. The number of benzene rings is 2. The number of aliphatic hydroxyl groups excluding tert-OH is 1. The molecule has 3 aromatic heterocycles. The van der Waals surface area contributed by atoms with Crippen LogP contribution >= 0.6 is 35.3 Å². The molecule has 5 rings (SSSR count). The zero-order chi connectivity index (χ0) is 29.5. The first-order valence-electron chi connectivity index (χ1n) is 12.9. The average Bonchev–Trinajstić information content (AvgIpc) is 3.39. The fraction of sp³-hybridized carbons (Fsp3) is 0.276. The molecule has 0 atom stereocenters. The second kappa shape index (κ2) is 15.0. The number of aryl methyl sites for hydroxylation is 2. The van der Waals surface area contributed by atoms with E-state index >= 15 is 0 Å². The fourth-order valence-corrected chi connectivity index (χ4v) is 4.90. The van der Waals surface area contributed by atoms with Crippen LogP contribution < -0.4 is 14.8 Å². The number of carbonyl (C=O) groups excluding carboxylic acids is 1. The van der Waals surface area contributed by atoms with E-state index in [4.69, 9.17) is 14.2 Å². The smallest absolute Gasteiger partial charge is 0.411 e. The number of amides is 1.